The molecule has 30 heavy (non-hydrogen) atoms. The Labute approximate surface area is 180 Å². The summed E-state index contributed by atoms with van der Waals surface area (Å²) in [5.41, 5.74) is 2.00. The summed E-state index contributed by atoms with van der Waals surface area (Å²) in [6, 6.07) is 20.1. The number of aromatic nitrogens is 2. The topological polar surface area (TPSA) is 55.3 Å². The summed E-state index contributed by atoms with van der Waals surface area (Å²) in [6.07, 6.45) is 0. The van der Waals surface area contributed by atoms with E-state index in [1.807, 2.05) is 56.4 Å². The summed E-state index contributed by atoms with van der Waals surface area (Å²) in [7, 11) is 3.50. The zero-order valence-corrected chi connectivity index (χ0v) is 18.1. The molecule has 0 spiro atoms. The quantitative estimate of drug-likeness (QED) is 0.332. The number of nitrogens with zero attached hydrogens (tertiary/aromatic N) is 3. The Balaban J connectivity index is 1.44. The molecule has 5 nitrogen and oxygen atoms in total. The van der Waals surface area contributed by atoms with Crippen molar-refractivity contribution in [2.75, 3.05) is 19.9 Å². The summed E-state index contributed by atoms with van der Waals surface area (Å²) in [6.45, 7) is 2.44. The number of para-hydroxylation sites is 1. The largest absolute Gasteiger partial charge is 0.497 e. The van der Waals surface area contributed by atoms with E-state index in [2.05, 4.69) is 28.2 Å². The van der Waals surface area contributed by atoms with Gasteiger partial charge in [0.1, 0.15) is 16.6 Å². The first-order valence-electron chi connectivity index (χ1n) is 9.70. The molecule has 1 heterocycles. The second kappa shape index (κ2) is 8.71. The van der Waals surface area contributed by atoms with Crippen LogP contribution in [0.4, 0.5) is 0 Å². The van der Waals surface area contributed by atoms with Crippen molar-refractivity contribution < 1.29 is 9.53 Å². The summed E-state index contributed by atoms with van der Waals surface area (Å²) in [5, 5.41) is 4.08. The molecule has 3 aromatic carbocycles. The molecule has 0 fully saturated rings. The van der Waals surface area contributed by atoms with Gasteiger partial charge in [0.05, 0.1) is 18.4 Å². The smallest absolute Gasteiger partial charge is 0.233 e. The van der Waals surface area contributed by atoms with Crippen molar-refractivity contribution >= 4 is 39.3 Å². The predicted octanol–water partition coefficient (Wildman–Crippen LogP) is 4.85. The van der Waals surface area contributed by atoms with E-state index in [0.29, 0.717) is 18.1 Å². The highest BCUT2D eigenvalue weighted by atomic mass is 32.2. The number of ether oxygens (including phenoxy) is 1. The van der Waals surface area contributed by atoms with Crippen molar-refractivity contribution in [3.05, 3.63) is 72.1 Å². The van der Waals surface area contributed by atoms with Crippen LogP contribution in [0.2, 0.25) is 0 Å². The van der Waals surface area contributed by atoms with Crippen LogP contribution in [0.3, 0.4) is 0 Å². The Hall–Kier alpha value is -3.12. The van der Waals surface area contributed by atoms with Crippen LogP contribution in [0, 0.1) is 6.92 Å². The number of hydrogen-bond acceptors (Lipinski definition) is 5. The highest BCUT2D eigenvalue weighted by Gasteiger charge is 2.13. The Morgan fingerprint density at radius 3 is 2.63 bits per heavy atom. The van der Waals surface area contributed by atoms with E-state index < -0.39 is 0 Å². The molecule has 0 aliphatic rings. The second-order valence-electron chi connectivity index (χ2n) is 7.18. The number of rotatable bonds is 6. The van der Waals surface area contributed by atoms with Gasteiger partial charge in [0.25, 0.3) is 0 Å². The first kappa shape index (κ1) is 20.2. The van der Waals surface area contributed by atoms with Gasteiger partial charge in [-0.1, -0.05) is 48.2 Å². The van der Waals surface area contributed by atoms with Gasteiger partial charge in [-0.15, -0.1) is 0 Å². The van der Waals surface area contributed by atoms with Gasteiger partial charge < -0.3 is 9.64 Å². The van der Waals surface area contributed by atoms with Gasteiger partial charge in [-0.2, -0.15) is 0 Å². The first-order valence-corrected chi connectivity index (χ1v) is 10.7. The zero-order chi connectivity index (χ0) is 21.1. The highest BCUT2D eigenvalue weighted by molar-refractivity contribution is 8.00. The monoisotopic (exact) mass is 417 g/mol. The molecule has 152 valence electrons. The molecule has 0 N–H and O–H groups in total. The first-order chi connectivity index (χ1) is 14.5. The third-order valence-corrected chi connectivity index (χ3v) is 5.95. The standard InChI is InChI=1S/C24H23N3O2S/c1-16-25-22-7-5-4-6-21(22)24(26-16)30-15-23(28)27(2)14-17-8-9-19-13-20(29-3)11-10-18(19)12-17/h4-13H,14-15H2,1-3H3. The fraction of sp³-hybridized carbons (Fsp3) is 0.208. The fourth-order valence-electron chi connectivity index (χ4n) is 3.37. The molecule has 0 saturated heterocycles. The van der Waals surface area contributed by atoms with E-state index in [1.165, 1.54) is 11.8 Å². The summed E-state index contributed by atoms with van der Waals surface area (Å²) >= 11 is 1.46. The number of thioether (sulfide) groups is 1. The average molecular weight is 418 g/mol. The second-order valence-corrected chi connectivity index (χ2v) is 8.14. The zero-order valence-electron chi connectivity index (χ0n) is 17.3. The van der Waals surface area contributed by atoms with Gasteiger partial charge in [0.2, 0.25) is 5.91 Å². The average Bonchev–Trinajstić information content (AvgIpc) is 2.76. The Morgan fingerprint density at radius 1 is 1.03 bits per heavy atom. The van der Waals surface area contributed by atoms with Crippen molar-refractivity contribution in [1.82, 2.24) is 14.9 Å². The van der Waals surface area contributed by atoms with Crippen LogP contribution in [-0.2, 0) is 11.3 Å². The van der Waals surface area contributed by atoms with Gasteiger partial charge in [0.15, 0.2) is 0 Å². The van der Waals surface area contributed by atoms with E-state index >= 15 is 0 Å². The number of benzene rings is 3. The minimum atomic E-state index is 0.0650. The molecule has 4 aromatic rings. The number of amides is 1. The van der Waals surface area contributed by atoms with Crippen molar-refractivity contribution in [2.24, 2.45) is 0 Å². The maximum atomic E-state index is 12.7. The molecule has 0 bridgehead atoms. The van der Waals surface area contributed by atoms with Crippen LogP contribution in [0.5, 0.6) is 5.75 Å². The van der Waals surface area contributed by atoms with Crippen molar-refractivity contribution in [1.29, 1.82) is 0 Å². The van der Waals surface area contributed by atoms with E-state index in [9.17, 15) is 4.79 Å². The number of methoxy groups -OCH3 is 1. The lowest BCUT2D eigenvalue weighted by molar-refractivity contribution is -0.127. The van der Waals surface area contributed by atoms with Crippen LogP contribution in [0.1, 0.15) is 11.4 Å². The molecule has 1 aromatic heterocycles. The third-order valence-electron chi connectivity index (χ3n) is 4.97. The Bertz CT molecular complexity index is 1230. The Kier molecular flexibility index (Phi) is 5.86. The van der Waals surface area contributed by atoms with Crippen molar-refractivity contribution in [3.63, 3.8) is 0 Å². The lowest BCUT2D eigenvalue weighted by Gasteiger charge is -2.18. The number of hydrogen-bond donors (Lipinski definition) is 0. The van der Waals surface area contributed by atoms with Crippen molar-refractivity contribution in [2.45, 2.75) is 18.5 Å². The van der Waals surface area contributed by atoms with E-state index in [0.717, 1.165) is 38.0 Å². The molecule has 0 radical (unpaired) electrons. The maximum absolute atomic E-state index is 12.7. The van der Waals surface area contributed by atoms with Crippen LogP contribution in [0.25, 0.3) is 21.7 Å². The molecular formula is C24H23N3O2S. The number of fused-ring (bicyclic) bond motifs is 2. The minimum Gasteiger partial charge on any atom is -0.497 e. The molecule has 0 aliphatic carbocycles. The van der Waals surface area contributed by atoms with Crippen LogP contribution in [-0.4, -0.2) is 40.7 Å². The predicted molar refractivity (Wildman–Crippen MR) is 122 cm³/mol. The van der Waals surface area contributed by atoms with Crippen LogP contribution in [0.15, 0.2) is 65.7 Å². The fourth-order valence-corrected chi connectivity index (χ4v) is 4.37. The van der Waals surface area contributed by atoms with Crippen molar-refractivity contribution in [3.8, 4) is 5.75 Å². The highest BCUT2D eigenvalue weighted by Crippen LogP contribution is 2.26. The molecular weight excluding hydrogens is 394 g/mol. The molecule has 1 amide bonds. The molecule has 0 aliphatic heterocycles. The van der Waals surface area contributed by atoms with Gasteiger partial charge in [-0.3, -0.25) is 4.79 Å². The summed E-state index contributed by atoms with van der Waals surface area (Å²) in [4.78, 5) is 23.5. The molecule has 0 unspecified atom stereocenters. The SMILES string of the molecule is COc1ccc2cc(CN(C)C(=O)CSc3nc(C)nc4ccccc34)ccc2c1. The van der Waals surface area contributed by atoms with Gasteiger partial charge in [0, 0.05) is 19.0 Å². The minimum absolute atomic E-state index is 0.0650. The van der Waals surface area contributed by atoms with Crippen LogP contribution < -0.4 is 4.74 Å². The lowest BCUT2D eigenvalue weighted by Crippen LogP contribution is -2.27. The Morgan fingerprint density at radius 2 is 1.80 bits per heavy atom. The molecule has 0 saturated carbocycles. The van der Waals surface area contributed by atoms with E-state index in [1.54, 1.807) is 12.0 Å². The molecule has 4 rings (SSSR count). The molecule has 6 heteroatoms. The number of carbonyl (C=O) groups excluding carboxylic acids is 1. The van der Waals surface area contributed by atoms with Gasteiger partial charge >= 0.3 is 0 Å². The van der Waals surface area contributed by atoms with Crippen LogP contribution >= 0.6 is 11.8 Å². The third kappa shape index (κ3) is 4.39. The number of aryl methyl sites for hydroxylation is 1. The van der Waals surface area contributed by atoms with E-state index in [4.69, 9.17) is 4.74 Å². The maximum Gasteiger partial charge on any atom is 0.233 e. The lowest BCUT2D eigenvalue weighted by atomic mass is 10.1. The number of carbonyl (C=O) groups is 1. The summed E-state index contributed by atoms with van der Waals surface area (Å²) < 4.78 is 5.28. The normalized spacial score (nSPS) is 11.0. The van der Waals surface area contributed by atoms with Gasteiger partial charge in [-0.05, 0) is 47.5 Å². The summed E-state index contributed by atoms with van der Waals surface area (Å²) in [5.74, 6) is 1.95. The van der Waals surface area contributed by atoms with E-state index in [-0.39, 0.29) is 5.91 Å². The molecule has 0 atom stereocenters. The van der Waals surface area contributed by atoms with Gasteiger partial charge in [-0.25, -0.2) is 9.97 Å².